The second kappa shape index (κ2) is 6.65. The highest BCUT2D eigenvalue weighted by molar-refractivity contribution is 8.01. The van der Waals surface area contributed by atoms with E-state index < -0.39 is 17.1 Å². The lowest BCUT2D eigenvalue weighted by atomic mass is 10.1. The van der Waals surface area contributed by atoms with E-state index >= 15 is 0 Å². The summed E-state index contributed by atoms with van der Waals surface area (Å²) < 4.78 is 13.1. The monoisotopic (exact) mass is 345 g/mol. The second-order valence-corrected chi connectivity index (χ2v) is 6.87. The summed E-state index contributed by atoms with van der Waals surface area (Å²) in [6.07, 6.45) is 0. The number of amides is 1. The Morgan fingerprint density at radius 1 is 1.25 bits per heavy atom. The van der Waals surface area contributed by atoms with Crippen LogP contribution in [0.3, 0.4) is 0 Å². The first-order valence-corrected chi connectivity index (χ1v) is 8.39. The molecule has 1 aliphatic rings. The van der Waals surface area contributed by atoms with Crippen LogP contribution < -0.4 is 4.90 Å². The molecule has 1 N–H and O–H groups in total. The SMILES string of the molecule is CC(C(=O)O)C1Sc2ccccc2N(Cc2ccc(F)cc2)C1=O. The Hall–Kier alpha value is -2.34. The molecule has 2 aromatic rings. The molecule has 0 fully saturated rings. The zero-order valence-corrected chi connectivity index (χ0v) is 13.8. The van der Waals surface area contributed by atoms with E-state index in [1.54, 1.807) is 24.0 Å². The Kier molecular flexibility index (Phi) is 4.57. The topological polar surface area (TPSA) is 57.6 Å². The number of benzene rings is 2. The van der Waals surface area contributed by atoms with Gasteiger partial charge in [-0.15, -0.1) is 11.8 Å². The van der Waals surface area contributed by atoms with Crippen LogP contribution >= 0.6 is 11.8 Å². The molecule has 0 bridgehead atoms. The Labute approximate surface area is 143 Å². The van der Waals surface area contributed by atoms with Gasteiger partial charge in [0.05, 0.1) is 18.2 Å². The van der Waals surface area contributed by atoms with Gasteiger partial charge in [0, 0.05) is 4.90 Å². The van der Waals surface area contributed by atoms with Gasteiger partial charge in [-0.25, -0.2) is 4.39 Å². The number of carboxylic acids is 1. The zero-order valence-electron chi connectivity index (χ0n) is 13.0. The van der Waals surface area contributed by atoms with Crippen molar-refractivity contribution in [3.8, 4) is 0 Å². The number of hydrogen-bond acceptors (Lipinski definition) is 3. The largest absolute Gasteiger partial charge is 0.481 e. The maximum Gasteiger partial charge on any atom is 0.307 e. The lowest BCUT2D eigenvalue weighted by Gasteiger charge is -2.35. The first kappa shape index (κ1) is 16.5. The van der Waals surface area contributed by atoms with Gasteiger partial charge < -0.3 is 10.0 Å². The number of hydrogen-bond donors (Lipinski definition) is 1. The Morgan fingerprint density at radius 2 is 1.92 bits per heavy atom. The van der Waals surface area contributed by atoms with E-state index in [2.05, 4.69) is 0 Å². The quantitative estimate of drug-likeness (QED) is 0.921. The molecule has 24 heavy (non-hydrogen) atoms. The first-order chi connectivity index (χ1) is 11.5. The highest BCUT2D eigenvalue weighted by atomic mass is 32.2. The van der Waals surface area contributed by atoms with E-state index in [0.717, 1.165) is 16.1 Å². The summed E-state index contributed by atoms with van der Waals surface area (Å²) in [7, 11) is 0. The molecule has 124 valence electrons. The minimum Gasteiger partial charge on any atom is -0.481 e. The number of carboxylic acid groups (broad SMARTS) is 1. The van der Waals surface area contributed by atoms with Crippen molar-refractivity contribution in [1.82, 2.24) is 0 Å². The molecule has 1 amide bonds. The van der Waals surface area contributed by atoms with Crippen molar-refractivity contribution in [2.75, 3.05) is 4.90 Å². The van der Waals surface area contributed by atoms with Gasteiger partial charge in [-0.05, 0) is 29.8 Å². The molecule has 1 heterocycles. The standard InChI is InChI=1S/C18H16FNO3S/c1-11(18(22)23)16-17(21)20(10-12-6-8-13(19)9-7-12)14-4-2-3-5-15(14)24-16/h2-9,11,16H,10H2,1H3,(H,22,23). The zero-order chi connectivity index (χ0) is 17.3. The fourth-order valence-electron chi connectivity index (χ4n) is 2.62. The van der Waals surface area contributed by atoms with Crippen molar-refractivity contribution in [1.29, 1.82) is 0 Å². The van der Waals surface area contributed by atoms with Crippen LogP contribution in [0.2, 0.25) is 0 Å². The number of anilines is 1. The van der Waals surface area contributed by atoms with Crippen molar-refractivity contribution < 1.29 is 19.1 Å². The van der Waals surface area contributed by atoms with Gasteiger partial charge in [-0.1, -0.05) is 31.2 Å². The van der Waals surface area contributed by atoms with Crippen LogP contribution in [0.1, 0.15) is 12.5 Å². The van der Waals surface area contributed by atoms with Crippen LogP contribution in [-0.4, -0.2) is 22.2 Å². The summed E-state index contributed by atoms with van der Waals surface area (Å²) in [4.78, 5) is 26.7. The number of carbonyl (C=O) groups excluding carboxylic acids is 1. The molecule has 0 aliphatic carbocycles. The predicted molar refractivity (Wildman–Crippen MR) is 90.5 cm³/mol. The fourth-order valence-corrected chi connectivity index (χ4v) is 3.90. The Morgan fingerprint density at radius 3 is 2.58 bits per heavy atom. The molecule has 2 unspecified atom stereocenters. The molecule has 2 aromatic carbocycles. The van der Waals surface area contributed by atoms with Crippen LogP contribution in [0.5, 0.6) is 0 Å². The van der Waals surface area contributed by atoms with Crippen LogP contribution in [0, 0.1) is 11.7 Å². The Balaban J connectivity index is 1.97. The van der Waals surface area contributed by atoms with Crippen LogP contribution in [0.15, 0.2) is 53.4 Å². The summed E-state index contributed by atoms with van der Waals surface area (Å²) in [5, 5.41) is 8.60. The lowest BCUT2D eigenvalue weighted by Crippen LogP contribution is -2.44. The summed E-state index contributed by atoms with van der Waals surface area (Å²) in [5.41, 5.74) is 1.54. The van der Waals surface area contributed by atoms with Crippen molar-refractivity contribution >= 4 is 29.3 Å². The number of rotatable bonds is 4. The molecule has 0 spiro atoms. The summed E-state index contributed by atoms with van der Waals surface area (Å²) in [5.74, 6) is -2.37. The van der Waals surface area contributed by atoms with Gasteiger partial charge in [0.2, 0.25) is 5.91 Å². The van der Waals surface area contributed by atoms with E-state index in [0.29, 0.717) is 0 Å². The molecular weight excluding hydrogens is 329 g/mol. The van der Waals surface area contributed by atoms with E-state index in [-0.39, 0.29) is 18.3 Å². The lowest BCUT2D eigenvalue weighted by molar-refractivity contribution is -0.142. The van der Waals surface area contributed by atoms with Gasteiger partial charge >= 0.3 is 5.97 Å². The molecule has 0 radical (unpaired) electrons. The number of para-hydroxylation sites is 1. The minimum atomic E-state index is -0.998. The number of carbonyl (C=O) groups is 2. The number of fused-ring (bicyclic) bond motifs is 1. The Bertz CT molecular complexity index is 778. The van der Waals surface area contributed by atoms with E-state index in [1.807, 2.05) is 24.3 Å². The van der Waals surface area contributed by atoms with Crippen LogP contribution in [0.4, 0.5) is 10.1 Å². The predicted octanol–water partition coefficient (Wildman–Crippen LogP) is 3.55. The number of nitrogens with zero attached hydrogens (tertiary/aromatic N) is 1. The maximum absolute atomic E-state index is 13.1. The number of aliphatic carboxylic acids is 1. The average Bonchev–Trinajstić information content (AvgIpc) is 2.58. The summed E-state index contributed by atoms with van der Waals surface area (Å²) in [6.45, 7) is 1.82. The summed E-state index contributed by atoms with van der Waals surface area (Å²) in [6, 6.07) is 13.4. The third-order valence-electron chi connectivity index (χ3n) is 4.02. The molecule has 4 nitrogen and oxygen atoms in total. The van der Waals surface area contributed by atoms with Gasteiger partial charge in [-0.2, -0.15) is 0 Å². The third-order valence-corrected chi connectivity index (χ3v) is 5.48. The van der Waals surface area contributed by atoms with Gasteiger partial charge in [0.15, 0.2) is 0 Å². The van der Waals surface area contributed by atoms with Crippen molar-refractivity contribution in [2.45, 2.75) is 23.6 Å². The fraction of sp³-hybridized carbons (Fsp3) is 0.222. The number of thioether (sulfide) groups is 1. The molecule has 0 aromatic heterocycles. The minimum absolute atomic E-state index is 0.238. The smallest absolute Gasteiger partial charge is 0.307 e. The van der Waals surface area contributed by atoms with E-state index in [1.165, 1.54) is 23.9 Å². The molecule has 0 saturated carbocycles. The average molecular weight is 345 g/mol. The van der Waals surface area contributed by atoms with E-state index in [9.17, 15) is 19.1 Å². The number of halogens is 1. The molecule has 1 aliphatic heterocycles. The summed E-state index contributed by atoms with van der Waals surface area (Å²) >= 11 is 1.29. The van der Waals surface area contributed by atoms with Gasteiger partial charge in [0.1, 0.15) is 11.1 Å². The first-order valence-electron chi connectivity index (χ1n) is 7.51. The van der Waals surface area contributed by atoms with Crippen molar-refractivity contribution in [3.63, 3.8) is 0 Å². The molecule has 3 rings (SSSR count). The van der Waals surface area contributed by atoms with E-state index in [4.69, 9.17) is 0 Å². The maximum atomic E-state index is 13.1. The van der Waals surface area contributed by atoms with Gasteiger partial charge in [0.25, 0.3) is 0 Å². The highest BCUT2D eigenvalue weighted by Crippen LogP contribution is 2.42. The van der Waals surface area contributed by atoms with Crippen LogP contribution in [0.25, 0.3) is 0 Å². The van der Waals surface area contributed by atoms with Crippen LogP contribution in [-0.2, 0) is 16.1 Å². The third kappa shape index (κ3) is 3.14. The molecule has 0 saturated heterocycles. The highest BCUT2D eigenvalue weighted by Gasteiger charge is 2.39. The molecule has 2 atom stereocenters. The second-order valence-electron chi connectivity index (χ2n) is 5.68. The normalized spacial score (nSPS) is 18.2. The van der Waals surface area contributed by atoms with Crippen molar-refractivity contribution in [2.24, 2.45) is 5.92 Å². The van der Waals surface area contributed by atoms with Gasteiger partial charge in [-0.3, -0.25) is 9.59 Å². The molecule has 6 heteroatoms. The van der Waals surface area contributed by atoms with Crippen molar-refractivity contribution in [3.05, 3.63) is 59.9 Å². The molecular formula is C18H16FNO3S.